The topological polar surface area (TPSA) is 49.8 Å². The van der Waals surface area contributed by atoms with Gasteiger partial charge in [0.15, 0.2) is 0 Å². The summed E-state index contributed by atoms with van der Waals surface area (Å²) in [7, 11) is 1.83. The van der Waals surface area contributed by atoms with Gasteiger partial charge in [-0.1, -0.05) is 6.07 Å². The molecule has 0 fully saturated rings. The third kappa shape index (κ3) is 2.37. The van der Waals surface area contributed by atoms with Crippen LogP contribution in [0.3, 0.4) is 0 Å². The summed E-state index contributed by atoms with van der Waals surface area (Å²) in [5.74, 6) is -5.22. The van der Waals surface area contributed by atoms with Gasteiger partial charge < -0.3 is 14.7 Å². The fraction of sp³-hybridized carbons (Fsp3) is 0.417. The average Bonchev–Trinajstić information content (AvgIpc) is 2.29. The van der Waals surface area contributed by atoms with Crippen LogP contribution in [0.25, 0.3) is 0 Å². The molecule has 2 rings (SSSR count). The zero-order chi connectivity index (χ0) is 13.3. The van der Waals surface area contributed by atoms with E-state index >= 15 is 0 Å². The maximum Gasteiger partial charge on any atom is 0.374 e. The first-order valence-corrected chi connectivity index (χ1v) is 5.48. The smallest absolute Gasteiger partial charge is 0.374 e. The molecule has 4 nitrogen and oxygen atoms in total. The van der Waals surface area contributed by atoms with Crippen molar-refractivity contribution < 1.29 is 23.4 Å². The summed E-state index contributed by atoms with van der Waals surface area (Å²) in [4.78, 5) is 12.3. The third-order valence-electron chi connectivity index (χ3n) is 2.86. The molecule has 98 valence electrons. The number of rotatable bonds is 3. The highest BCUT2D eigenvalue weighted by Gasteiger charge is 2.39. The zero-order valence-corrected chi connectivity index (χ0v) is 9.82. The second-order valence-corrected chi connectivity index (χ2v) is 4.26. The first-order valence-electron chi connectivity index (χ1n) is 5.48. The number of nitrogens with zero attached hydrogens (tertiary/aromatic N) is 1. The number of hydrogen-bond acceptors (Lipinski definition) is 3. The van der Waals surface area contributed by atoms with Crippen molar-refractivity contribution >= 4 is 11.7 Å². The summed E-state index contributed by atoms with van der Waals surface area (Å²) >= 11 is 0. The van der Waals surface area contributed by atoms with E-state index in [0.29, 0.717) is 24.6 Å². The van der Waals surface area contributed by atoms with Crippen molar-refractivity contribution in [2.24, 2.45) is 0 Å². The minimum atomic E-state index is -3.75. The lowest BCUT2D eigenvalue weighted by atomic mass is 10.1. The van der Waals surface area contributed by atoms with E-state index in [-0.39, 0.29) is 5.56 Å². The minimum Gasteiger partial charge on any atom is -0.490 e. The summed E-state index contributed by atoms with van der Waals surface area (Å²) in [6, 6.07) is 4.61. The molecule has 1 aromatic rings. The third-order valence-corrected chi connectivity index (χ3v) is 2.86. The van der Waals surface area contributed by atoms with E-state index in [2.05, 4.69) is 0 Å². The molecule has 6 heteroatoms. The number of benzene rings is 1. The first kappa shape index (κ1) is 12.6. The van der Waals surface area contributed by atoms with Crippen LogP contribution in [0.15, 0.2) is 18.2 Å². The number of fused-ring (bicyclic) bond motifs is 1. The van der Waals surface area contributed by atoms with Gasteiger partial charge in [0, 0.05) is 13.5 Å². The van der Waals surface area contributed by atoms with E-state index in [1.807, 2.05) is 11.9 Å². The largest absolute Gasteiger partial charge is 0.490 e. The number of hydrogen-bond donors (Lipinski definition) is 1. The Morgan fingerprint density at radius 1 is 1.56 bits per heavy atom. The quantitative estimate of drug-likeness (QED) is 0.896. The molecule has 0 spiro atoms. The number of ether oxygens (including phenoxy) is 1. The van der Waals surface area contributed by atoms with Crippen molar-refractivity contribution in [2.75, 3.05) is 25.1 Å². The lowest BCUT2D eigenvalue weighted by molar-refractivity contribution is -0.164. The van der Waals surface area contributed by atoms with Gasteiger partial charge in [-0.15, -0.1) is 0 Å². The predicted molar refractivity (Wildman–Crippen MR) is 61.5 cm³/mol. The Kier molecular flexibility index (Phi) is 3.11. The van der Waals surface area contributed by atoms with Crippen molar-refractivity contribution in [1.82, 2.24) is 0 Å². The number of likely N-dealkylation sites (N-methyl/N-ethyl adjacent to an activating group) is 1. The van der Waals surface area contributed by atoms with Gasteiger partial charge in [0.1, 0.15) is 12.4 Å². The summed E-state index contributed by atoms with van der Waals surface area (Å²) in [6.07, 6.45) is -0.816. The predicted octanol–water partition coefficient (Wildman–Crippen LogP) is 1.78. The van der Waals surface area contributed by atoms with Crippen molar-refractivity contribution in [3.63, 3.8) is 0 Å². The molecule has 1 N–H and O–H groups in total. The molecular formula is C12H13F2NO3. The Hall–Kier alpha value is -1.85. The van der Waals surface area contributed by atoms with Crippen LogP contribution in [0.1, 0.15) is 5.56 Å². The molecule has 0 radical (unpaired) electrons. The number of anilines is 1. The molecule has 18 heavy (non-hydrogen) atoms. The standard InChI is InChI=1S/C12H13F2NO3/c1-15-4-5-18-10-3-2-8(6-9(10)15)7-12(13,14)11(16)17/h2-3,6H,4-5,7H2,1H3,(H,16,17). The van der Waals surface area contributed by atoms with E-state index in [1.54, 1.807) is 12.1 Å². The second-order valence-electron chi connectivity index (χ2n) is 4.26. The number of alkyl halides is 2. The van der Waals surface area contributed by atoms with E-state index in [9.17, 15) is 13.6 Å². The van der Waals surface area contributed by atoms with Crippen LogP contribution in [0, 0.1) is 0 Å². The number of halogens is 2. The molecule has 0 aromatic heterocycles. The molecule has 0 amide bonds. The Balaban J connectivity index is 2.26. The second kappa shape index (κ2) is 4.44. The van der Waals surface area contributed by atoms with Gasteiger partial charge in [0.25, 0.3) is 0 Å². The monoisotopic (exact) mass is 257 g/mol. The van der Waals surface area contributed by atoms with Crippen molar-refractivity contribution in [3.8, 4) is 5.75 Å². The molecule has 1 aliphatic rings. The Bertz CT molecular complexity index is 476. The molecule has 0 saturated heterocycles. The van der Waals surface area contributed by atoms with Crippen LogP contribution in [0.2, 0.25) is 0 Å². The number of carboxylic acid groups (broad SMARTS) is 1. The SMILES string of the molecule is CN1CCOc2ccc(CC(F)(F)C(=O)O)cc21. The zero-order valence-electron chi connectivity index (χ0n) is 9.82. The van der Waals surface area contributed by atoms with Crippen LogP contribution < -0.4 is 9.64 Å². The van der Waals surface area contributed by atoms with Crippen LogP contribution >= 0.6 is 0 Å². The minimum absolute atomic E-state index is 0.276. The van der Waals surface area contributed by atoms with Gasteiger partial charge in [-0.2, -0.15) is 8.78 Å². The molecule has 0 unspecified atom stereocenters. The Labute approximate surface area is 103 Å². The van der Waals surface area contributed by atoms with Crippen molar-refractivity contribution in [2.45, 2.75) is 12.3 Å². The van der Waals surface area contributed by atoms with Gasteiger partial charge in [0.2, 0.25) is 0 Å². The maximum absolute atomic E-state index is 13.1. The average molecular weight is 257 g/mol. The molecule has 0 bridgehead atoms. The van der Waals surface area contributed by atoms with Gasteiger partial charge >= 0.3 is 11.9 Å². The number of carbonyl (C=O) groups is 1. The molecule has 0 saturated carbocycles. The van der Waals surface area contributed by atoms with E-state index in [0.717, 1.165) is 0 Å². The molecule has 0 aliphatic carbocycles. The Morgan fingerprint density at radius 3 is 2.94 bits per heavy atom. The highest BCUT2D eigenvalue weighted by molar-refractivity contribution is 5.76. The Morgan fingerprint density at radius 2 is 2.28 bits per heavy atom. The van der Waals surface area contributed by atoms with E-state index in [1.165, 1.54) is 6.07 Å². The van der Waals surface area contributed by atoms with Crippen LogP contribution in [0.5, 0.6) is 5.75 Å². The molecule has 0 atom stereocenters. The van der Waals surface area contributed by atoms with E-state index < -0.39 is 18.3 Å². The van der Waals surface area contributed by atoms with Crippen molar-refractivity contribution in [1.29, 1.82) is 0 Å². The molecule has 1 aliphatic heterocycles. The number of aliphatic carboxylic acids is 1. The highest BCUT2D eigenvalue weighted by Crippen LogP contribution is 2.33. The fourth-order valence-electron chi connectivity index (χ4n) is 1.84. The van der Waals surface area contributed by atoms with Gasteiger partial charge in [0.05, 0.1) is 12.2 Å². The summed E-state index contributed by atoms with van der Waals surface area (Å²) in [5.41, 5.74) is 0.985. The number of carboxylic acids is 1. The molecule has 1 heterocycles. The van der Waals surface area contributed by atoms with Crippen LogP contribution in [-0.4, -0.2) is 37.2 Å². The van der Waals surface area contributed by atoms with Crippen LogP contribution in [0.4, 0.5) is 14.5 Å². The van der Waals surface area contributed by atoms with Gasteiger partial charge in [-0.3, -0.25) is 0 Å². The van der Waals surface area contributed by atoms with E-state index in [4.69, 9.17) is 9.84 Å². The summed E-state index contributed by atoms with van der Waals surface area (Å²) in [5, 5.41) is 8.41. The fourth-order valence-corrected chi connectivity index (χ4v) is 1.84. The molecule has 1 aromatic carbocycles. The maximum atomic E-state index is 13.1. The van der Waals surface area contributed by atoms with Gasteiger partial charge in [-0.25, -0.2) is 4.79 Å². The first-order chi connectivity index (χ1) is 8.40. The normalized spacial score (nSPS) is 14.9. The van der Waals surface area contributed by atoms with Crippen LogP contribution in [-0.2, 0) is 11.2 Å². The lowest BCUT2D eigenvalue weighted by Crippen LogP contribution is -2.31. The summed E-state index contributed by atoms with van der Waals surface area (Å²) in [6.45, 7) is 1.22. The lowest BCUT2D eigenvalue weighted by Gasteiger charge is -2.28. The van der Waals surface area contributed by atoms with Crippen molar-refractivity contribution in [3.05, 3.63) is 23.8 Å². The molecular weight excluding hydrogens is 244 g/mol. The summed E-state index contributed by atoms with van der Waals surface area (Å²) < 4.78 is 31.6. The highest BCUT2D eigenvalue weighted by atomic mass is 19.3. The van der Waals surface area contributed by atoms with Gasteiger partial charge in [-0.05, 0) is 17.7 Å².